The largest absolute Gasteiger partial charge is 0.478 e. The number of carboxylic acids is 1. The van der Waals surface area contributed by atoms with Gasteiger partial charge in [0.25, 0.3) is 0 Å². The molecule has 0 heterocycles. The number of aliphatic carboxylic acids is 1. The number of esters is 1. The van der Waals surface area contributed by atoms with Gasteiger partial charge in [-0.1, -0.05) is 6.58 Å². The van der Waals surface area contributed by atoms with Crippen molar-refractivity contribution in [2.75, 3.05) is 7.11 Å². The number of carbonyl (C=O) groups is 2. The Balaban J connectivity index is 4.46. The Kier molecular flexibility index (Phi) is 3.76. The van der Waals surface area contributed by atoms with Gasteiger partial charge >= 0.3 is 11.9 Å². The van der Waals surface area contributed by atoms with Crippen LogP contribution in [0.1, 0.15) is 6.92 Å². The van der Waals surface area contributed by atoms with E-state index in [1.165, 1.54) is 14.0 Å². The van der Waals surface area contributed by atoms with Crippen molar-refractivity contribution < 1.29 is 19.4 Å². The lowest BCUT2D eigenvalue weighted by atomic mass is 10.2. The Labute approximate surface area is 70.1 Å². The third-order valence-electron chi connectivity index (χ3n) is 1.17. The van der Waals surface area contributed by atoms with E-state index in [1.807, 2.05) is 0 Å². The van der Waals surface area contributed by atoms with Crippen molar-refractivity contribution in [2.24, 2.45) is 0 Å². The van der Waals surface area contributed by atoms with Crippen molar-refractivity contribution in [3.63, 3.8) is 0 Å². The first kappa shape index (κ1) is 10.4. The molecule has 0 bridgehead atoms. The summed E-state index contributed by atoms with van der Waals surface area (Å²) in [4.78, 5) is 21.0. The van der Waals surface area contributed by atoms with Crippen LogP contribution in [0.15, 0.2) is 23.8 Å². The molecule has 0 unspecified atom stereocenters. The summed E-state index contributed by atoms with van der Waals surface area (Å²) in [6.45, 7) is 4.69. The van der Waals surface area contributed by atoms with Crippen LogP contribution >= 0.6 is 0 Å². The molecule has 0 saturated heterocycles. The van der Waals surface area contributed by atoms with Crippen LogP contribution in [0.3, 0.4) is 0 Å². The van der Waals surface area contributed by atoms with Crippen LogP contribution in [0, 0.1) is 0 Å². The van der Waals surface area contributed by atoms with E-state index in [2.05, 4.69) is 11.3 Å². The smallest absolute Gasteiger partial charge is 0.335 e. The number of carbonyl (C=O) groups excluding carboxylic acids is 1. The summed E-state index contributed by atoms with van der Waals surface area (Å²) in [6, 6.07) is 0. The molecule has 0 saturated carbocycles. The molecular formula is C8H10O4. The SMILES string of the molecule is C=C(C=C(C)C(=O)OC)C(=O)O. The van der Waals surface area contributed by atoms with Crippen molar-refractivity contribution >= 4 is 11.9 Å². The second kappa shape index (κ2) is 4.33. The van der Waals surface area contributed by atoms with Crippen LogP contribution in [0.5, 0.6) is 0 Å². The van der Waals surface area contributed by atoms with E-state index in [0.29, 0.717) is 0 Å². The predicted octanol–water partition coefficient (Wildman–Crippen LogP) is 0.746. The highest BCUT2D eigenvalue weighted by Crippen LogP contribution is 2.01. The van der Waals surface area contributed by atoms with Crippen LogP contribution in [0.25, 0.3) is 0 Å². The van der Waals surface area contributed by atoms with E-state index in [1.54, 1.807) is 0 Å². The summed E-state index contributed by atoms with van der Waals surface area (Å²) in [7, 11) is 1.23. The highest BCUT2D eigenvalue weighted by atomic mass is 16.5. The van der Waals surface area contributed by atoms with Gasteiger partial charge in [-0.25, -0.2) is 9.59 Å². The molecule has 0 aliphatic carbocycles. The van der Waals surface area contributed by atoms with Crippen molar-refractivity contribution in [2.45, 2.75) is 6.92 Å². The van der Waals surface area contributed by atoms with E-state index in [-0.39, 0.29) is 11.1 Å². The highest BCUT2D eigenvalue weighted by Gasteiger charge is 2.06. The maximum absolute atomic E-state index is 10.7. The first-order valence-corrected chi connectivity index (χ1v) is 3.18. The van der Waals surface area contributed by atoms with Gasteiger partial charge in [0.05, 0.1) is 12.7 Å². The zero-order valence-electron chi connectivity index (χ0n) is 6.96. The van der Waals surface area contributed by atoms with E-state index >= 15 is 0 Å². The van der Waals surface area contributed by atoms with Crippen molar-refractivity contribution in [1.82, 2.24) is 0 Å². The molecule has 0 aromatic rings. The fourth-order valence-corrected chi connectivity index (χ4v) is 0.543. The molecule has 0 aliphatic rings. The molecule has 0 aromatic heterocycles. The Morgan fingerprint density at radius 3 is 2.33 bits per heavy atom. The summed E-state index contributed by atoms with van der Waals surface area (Å²) >= 11 is 0. The molecule has 4 nitrogen and oxygen atoms in total. The third-order valence-corrected chi connectivity index (χ3v) is 1.17. The fraction of sp³-hybridized carbons (Fsp3) is 0.250. The Morgan fingerprint density at radius 1 is 1.50 bits per heavy atom. The lowest BCUT2D eigenvalue weighted by Crippen LogP contribution is -2.04. The van der Waals surface area contributed by atoms with Gasteiger partial charge < -0.3 is 9.84 Å². The quantitative estimate of drug-likeness (QED) is 0.385. The summed E-state index contributed by atoms with van der Waals surface area (Å²) in [5.41, 5.74) is 0.0720. The average Bonchev–Trinajstić information content (AvgIpc) is 2.02. The number of hydrogen-bond donors (Lipinski definition) is 1. The molecule has 0 aliphatic heterocycles. The lowest BCUT2D eigenvalue weighted by Gasteiger charge is -1.97. The number of carboxylic acid groups (broad SMARTS) is 1. The van der Waals surface area contributed by atoms with Crippen LogP contribution < -0.4 is 0 Å². The molecule has 0 radical (unpaired) electrons. The van der Waals surface area contributed by atoms with Crippen molar-refractivity contribution in [3.8, 4) is 0 Å². The normalized spacial score (nSPS) is 10.7. The Bertz CT molecular complexity index is 250. The van der Waals surface area contributed by atoms with Crippen LogP contribution in [0.4, 0.5) is 0 Å². The zero-order valence-corrected chi connectivity index (χ0v) is 6.96. The summed E-state index contributed by atoms with van der Waals surface area (Å²) < 4.78 is 4.35. The summed E-state index contributed by atoms with van der Waals surface area (Å²) in [5, 5.41) is 8.39. The van der Waals surface area contributed by atoms with Crippen LogP contribution in [-0.2, 0) is 14.3 Å². The number of ether oxygens (including phenoxy) is 1. The zero-order chi connectivity index (χ0) is 9.72. The number of rotatable bonds is 3. The average molecular weight is 170 g/mol. The number of hydrogen-bond acceptors (Lipinski definition) is 3. The van der Waals surface area contributed by atoms with Gasteiger partial charge in [0.15, 0.2) is 0 Å². The maximum Gasteiger partial charge on any atom is 0.335 e. The molecule has 0 aromatic carbocycles. The maximum atomic E-state index is 10.7. The molecule has 1 N–H and O–H groups in total. The Hall–Kier alpha value is -1.58. The van der Waals surface area contributed by atoms with E-state index in [9.17, 15) is 9.59 Å². The topological polar surface area (TPSA) is 63.6 Å². The van der Waals surface area contributed by atoms with Crippen molar-refractivity contribution in [3.05, 3.63) is 23.8 Å². The third kappa shape index (κ3) is 3.01. The minimum absolute atomic E-state index is 0.141. The van der Waals surface area contributed by atoms with E-state index in [0.717, 1.165) is 6.08 Å². The molecule has 0 spiro atoms. The van der Waals surface area contributed by atoms with Crippen molar-refractivity contribution in [1.29, 1.82) is 0 Å². The van der Waals surface area contributed by atoms with E-state index in [4.69, 9.17) is 5.11 Å². The molecule has 0 atom stereocenters. The molecule has 4 heteroatoms. The molecule has 66 valence electrons. The second-order valence-corrected chi connectivity index (χ2v) is 2.15. The van der Waals surface area contributed by atoms with Gasteiger partial charge in [-0.05, 0) is 13.0 Å². The first-order valence-electron chi connectivity index (χ1n) is 3.18. The van der Waals surface area contributed by atoms with Gasteiger partial charge in [-0.2, -0.15) is 0 Å². The van der Waals surface area contributed by atoms with Gasteiger partial charge in [0, 0.05) is 5.57 Å². The van der Waals surface area contributed by atoms with Gasteiger partial charge in [0.1, 0.15) is 0 Å². The minimum Gasteiger partial charge on any atom is -0.478 e. The van der Waals surface area contributed by atoms with E-state index < -0.39 is 11.9 Å². The minimum atomic E-state index is -1.15. The van der Waals surface area contributed by atoms with Crippen LogP contribution in [-0.4, -0.2) is 24.2 Å². The van der Waals surface area contributed by atoms with Crippen LogP contribution in [0.2, 0.25) is 0 Å². The highest BCUT2D eigenvalue weighted by molar-refractivity contribution is 5.94. The monoisotopic (exact) mass is 170 g/mol. The second-order valence-electron chi connectivity index (χ2n) is 2.15. The van der Waals surface area contributed by atoms with Gasteiger partial charge in [-0.3, -0.25) is 0 Å². The fourth-order valence-electron chi connectivity index (χ4n) is 0.543. The molecule has 0 rings (SSSR count). The number of methoxy groups -OCH3 is 1. The van der Waals surface area contributed by atoms with Gasteiger partial charge in [0.2, 0.25) is 0 Å². The molecule has 0 fully saturated rings. The first-order chi connectivity index (χ1) is 5.49. The predicted molar refractivity (Wildman–Crippen MR) is 42.5 cm³/mol. The molecular weight excluding hydrogens is 160 g/mol. The summed E-state index contributed by atoms with van der Waals surface area (Å²) in [6.07, 6.45) is 1.16. The summed E-state index contributed by atoms with van der Waals surface area (Å²) in [5.74, 6) is -1.71. The molecule has 12 heavy (non-hydrogen) atoms. The lowest BCUT2D eigenvalue weighted by molar-refractivity contribution is -0.136. The standard InChI is InChI=1S/C8H10O4/c1-5(7(9)10)4-6(2)8(11)12-3/h4H,1H2,2-3H3,(H,9,10). The van der Waals surface area contributed by atoms with Gasteiger partial charge in [-0.15, -0.1) is 0 Å². The molecule has 0 amide bonds. The Morgan fingerprint density at radius 2 is 2.00 bits per heavy atom.